The number of carbonyl (C=O) groups excluding carboxylic acids is 2. The van der Waals surface area contributed by atoms with Crippen molar-refractivity contribution in [3.8, 4) is 11.5 Å². The number of nitrogens with zero attached hydrogens (tertiary/aromatic N) is 2. The highest BCUT2D eigenvalue weighted by Gasteiger charge is 2.47. The number of fused-ring (bicyclic) bond motifs is 5. The second kappa shape index (κ2) is 5.76. The Morgan fingerprint density at radius 2 is 2.03 bits per heavy atom. The minimum atomic E-state index is -2.89. The molecule has 0 saturated carbocycles. The highest BCUT2D eigenvalue weighted by Crippen LogP contribution is 2.44. The molecular formula is C22H19N3O4. The number of para-hydroxylation sites is 1. The summed E-state index contributed by atoms with van der Waals surface area (Å²) < 4.78 is 52.9. The Bertz CT molecular complexity index is 1390. The number of hydrogen-bond acceptors (Lipinski definition) is 4. The average molecular weight is 394 g/mol. The van der Waals surface area contributed by atoms with E-state index in [9.17, 15) is 12.3 Å². The molecule has 0 radical (unpaired) electrons. The molecule has 6 rings (SSSR count). The summed E-state index contributed by atoms with van der Waals surface area (Å²) >= 11 is 0. The first kappa shape index (κ1) is 12.2. The third-order valence-electron chi connectivity index (χ3n) is 5.57. The van der Waals surface area contributed by atoms with Crippen molar-refractivity contribution in [1.82, 2.24) is 14.8 Å². The van der Waals surface area contributed by atoms with E-state index in [-0.39, 0.29) is 18.8 Å². The van der Waals surface area contributed by atoms with Gasteiger partial charge >= 0.3 is 0 Å². The Hall–Kier alpha value is -3.48. The van der Waals surface area contributed by atoms with Crippen molar-refractivity contribution < 1.29 is 25.9 Å². The molecule has 29 heavy (non-hydrogen) atoms. The molecule has 2 aromatic carbocycles. The van der Waals surface area contributed by atoms with Crippen molar-refractivity contribution in [2.24, 2.45) is 0 Å². The summed E-state index contributed by atoms with van der Waals surface area (Å²) in [6, 6.07) is 7.63. The first-order chi connectivity index (χ1) is 16.0. The molecule has 1 fully saturated rings. The van der Waals surface area contributed by atoms with E-state index in [0.29, 0.717) is 38.6 Å². The monoisotopic (exact) mass is 394 g/mol. The van der Waals surface area contributed by atoms with Crippen LogP contribution < -0.4 is 9.47 Å². The highest BCUT2D eigenvalue weighted by molar-refractivity contribution is 5.97. The van der Waals surface area contributed by atoms with Gasteiger partial charge in [0.1, 0.15) is 6.02 Å². The number of benzene rings is 2. The van der Waals surface area contributed by atoms with E-state index in [0.717, 1.165) is 4.90 Å². The van der Waals surface area contributed by atoms with Gasteiger partial charge in [-0.3, -0.25) is 9.59 Å². The molecule has 0 bridgehead atoms. The molecule has 1 aromatic heterocycles. The first-order valence-electron chi connectivity index (χ1n) is 11.7. The number of likely N-dealkylation sites (N-methyl/N-ethyl adjacent to an activating group) is 1. The highest BCUT2D eigenvalue weighted by atomic mass is 16.7. The Morgan fingerprint density at radius 3 is 2.93 bits per heavy atom. The van der Waals surface area contributed by atoms with Crippen LogP contribution in [0.15, 0.2) is 42.5 Å². The predicted octanol–water partition coefficient (Wildman–Crippen LogP) is 2.21. The van der Waals surface area contributed by atoms with Gasteiger partial charge in [-0.1, -0.05) is 24.3 Å². The van der Waals surface area contributed by atoms with Crippen LogP contribution in [0.2, 0.25) is 0 Å². The molecule has 1 N–H and O–H groups in total. The molecular weight excluding hydrogens is 370 g/mol. The zero-order valence-electron chi connectivity index (χ0n) is 20.2. The average Bonchev–Trinajstić information content (AvgIpc) is 3.40. The molecule has 7 nitrogen and oxygen atoms in total. The zero-order chi connectivity index (χ0) is 24.0. The van der Waals surface area contributed by atoms with Crippen LogP contribution in [0.1, 0.15) is 29.7 Å². The largest absolute Gasteiger partial charge is 0.454 e. The van der Waals surface area contributed by atoms with Crippen LogP contribution in [0.25, 0.3) is 10.9 Å². The Morgan fingerprint density at radius 1 is 1.17 bits per heavy atom. The van der Waals surface area contributed by atoms with Crippen LogP contribution in [-0.4, -0.2) is 52.9 Å². The van der Waals surface area contributed by atoms with Crippen molar-refractivity contribution in [2.45, 2.75) is 18.5 Å². The summed E-state index contributed by atoms with van der Waals surface area (Å²) in [4.78, 5) is 31.5. The van der Waals surface area contributed by atoms with Gasteiger partial charge in [-0.25, -0.2) is 0 Å². The maximum absolute atomic E-state index is 13.5. The van der Waals surface area contributed by atoms with E-state index in [2.05, 4.69) is 4.98 Å². The van der Waals surface area contributed by atoms with E-state index < -0.39 is 37.4 Å². The number of carbonyl (C=O) groups is 2. The standard InChI is InChI=1S/C22H19N3O4/c1-24-10-19(26)25-16(22(24)27)9-14-13-4-2-3-5-15(13)23-20(14)21(25)12-6-7-17-18(8-12)29-11-28-17/h2-8,16,21,23H,9-11H2,1H3/t16-,21-/m1/s1/i1D3,16D,21D. The Labute approximate surface area is 173 Å². The second-order valence-corrected chi connectivity index (χ2v) is 7.18. The number of nitrogens with one attached hydrogen (secondary N) is 1. The lowest BCUT2D eigenvalue weighted by Crippen LogP contribution is -2.62. The van der Waals surface area contributed by atoms with Crippen molar-refractivity contribution >= 4 is 22.7 Å². The molecule has 3 aromatic rings. The molecule has 0 spiro atoms. The lowest BCUT2D eigenvalue weighted by molar-refractivity contribution is -0.157. The number of H-pyrrole nitrogens is 1. The minimum Gasteiger partial charge on any atom is -0.454 e. The van der Waals surface area contributed by atoms with E-state index in [1.165, 1.54) is 0 Å². The van der Waals surface area contributed by atoms with Crippen molar-refractivity contribution in [3.63, 3.8) is 0 Å². The maximum Gasteiger partial charge on any atom is 0.245 e. The van der Waals surface area contributed by atoms with Crippen molar-refractivity contribution in [1.29, 1.82) is 0 Å². The number of amides is 2. The smallest absolute Gasteiger partial charge is 0.245 e. The first-order valence-corrected chi connectivity index (χ1v) is 9.20. The van der Waals surface area contributed by atoms with E-state index in [4.69, 9.17) is 13.6 Å². The minimum absolute atomic E-state index is 0.0124. The zero-order valence-corrected chi connectivity index (χ0v) is 15.2. The molecule has 146 valence electrons. The molecule has 2 atom stereocenters. The van der Waals surface area contributed by atoms with Gasteiger partial charge in [-0.05, 0) is 29.3 Å². The number of piperazine rings is 1. The van der Waals surface area contributed by atoms with Crippen LogP contribution in [0.3, 0.4) is 0 Å². The molecule has 4 heterocycles. The molecule has 3 aliphatic heterocycles. The van der Waals surface area contributed by atoms with Gasteiger partial charge in [-0.15, -0.1) is 0 Å². The van der Waals surface area contributed by atoms with Crippen LogP contribution >= 0.6 is 0 Å². The quantitative estimate of drug-likeness (QED) is 0.687. The van der Waals surface area contributed by atoms with Crippen LogP contribution in [-0.2, 0) is 16.0 Å². The lowest BCUT2D eigenvalue weighted by Gasteiger charge is -2.46. The topological polar surface area (TPSA) is 74.9 Å². The third-order valence-corrected chi connectivity index (χ3v) is 5.57. The SMILES string of the molecule is [2H]C([2H])([2H])N1CC(=O)N2[C@]([2H])(c3ccc4c(c3)OCO4)c3[nH]c4ccccc4c3C[C@]2([2H])C1=O. The number of hydrogen-bond donors (Lipinski definition) is 1. The summed E-state index contributed by atoms with van der Waals surface area (Å²) in [7, 11) is 0. The predicted molar refractivity (Wildman–Crippen MR) is 105 cm³/mol. The van der Waals surface area contributed by atoms with Crippen LogP contribution in [0.5, 0.6) is 11.5 Å². The van der Waals surface area contributed by atoms with Gasteiger partial charge in [0.15, 0.2) is 11.5 Å². The fourth-order valence-electron chi connectivity index (χ4n) is 4.28. The van der Waals surface area contributed by atoms with Gasteiger partial charge in [0.05, 0.1) is 15.3 Å². The summed E-state index contributed by atoms with van der Waals surface area (Å²) in [5.74, 6) is -0.988. The molecule has 7 heteroatoms. The van der Waals surface area contributed by atoms with Gasteiger partial charge in [0.2, 0.25) is 18.6 Å². The van der Waals surface area contributed by atoms with Gasteiger partial charge in [-0.2, -0.15) is 0 Å². The van der Waals surface area contributed by atoms with Crippen LogP contribution in [0, 0.1) is 0 Å². The number of rotatable bonds is 1. The van der Waals surface area contributed by atoms with E-state index >= 15 is 0 Å². The summed E-state index contributed by atoms with van der Waals surface area (Å²) in [6.07, 6.45) is -0.255. The number of ether oxygens (including phenoxy) is 2. The van der Waals surface area contributed by atoms with Crippen molar-refractivity contribution in [2.75, 3.05) is 20.3 Å². The van der Waals surface area contributed by atoms with Crippen molar-refractivity contribution in [3.05, 3.63) is 59.3 Å². The molecule has 0 unspecified atom stereocenters. The fourth-order valence-corrected chi connectivity index (χ4v) is 4.28. The van der Waals surface area contributed by atoms with E-state index in [1.54, 1.807) is 30.3 Å². The molecule has 0 aliphatic carbocycles. The van der Waals surface area contributed by atoms with Crippen LogP contribution in [0.4, 0.5) is 0 Å². The maximum atomic E-state index is 13.5. The Balaban J connectivity index is 1.65. The summed E-state index contributed by atoms with van der Waals surface area (Å²) in [5, 5.41) is 0.701. The molecule has 1 saturated heterocycles. The summed E-state index contributed by atoms with van der Waals surface area (Å²) in [5.41, 5.74) is 1.83. The second-order valence-electron chi connectivity index (χ2n) is 7.18. The lowest BCUT2D eigenvalue weighted by atomic mass is 9.86. The normalized spacial score (nSPS) is 30.8. The van der Waals surface area contributed by atoms with Gasteiger partial charge in [0.25, 0.3) is 0 Å². The van der Waals surface area contributed by atoms with Gasteiger partial charge in [0, 0.05) is 34.1 Å². The molecule has 3 aliphatic rings. The summed E-state index contributed by atoms with van der Waals surface area (Å²) in [6.45, 7) is -3.63. The number of aromatic nitrogens is 1. The molecule has 2 amide bonds. The fraction of sp³-hybridized carbons (Fsp3) is 0.273. The number of aromatic amines is 1. The van der Waals surface area contributed by atoms with E-state index in [1.807, 2.05) is 12.1 Å². The third kappa shape index (κ3) is 2.24. The Kier molecular flexibility index (Phi) is 2.42. The van der Waals surface area contributed by atoms with Gasteiger partial charge < -0.3 is 24.3 Å².